The summed E-state index contributed by atoms with van der Waals surface area (Å²) in [5.41, 5.74) is 2.52. The first-order valence-electron chi connectivity index (χ1n) is 6.97. The minimum Gasteiger partial charge on any atom is -0.298 e. The average Bonchev–Trinajstić information content (AvgIpc) is 2.54. The quantitative estimate of drug-likeness (QED) is 0.351. The average molecular weight is 331 g/mol. The van der Waals surface area contributed by atoms with Crippen molar-refractivity contribution in [3.8, 4) is 0 Å². The van der Waals surface area contributed by atoms with E-state index in [1.807, 2.05) is 12.1 Å². The van der Waals surface area contributed by atoms with E-state index in [1.54, 1.807) is 49.3 Å². The zero-order valence-electron chi connectivity index (χ0n) is 12.8. The number of anilines is 1. The largest absolute Gasteiger partial charge is 0.298 e. The van der Waals surface area contributed by atoms with Gasteiger partial charge in [0.25, 0.3) is 0 Å². The van der Waals surface area contributed by atoms with E-state index in [4.69, 9.17) is 11.6 Å². The number of carbonyl (C=O) groups excluding carboxylic acids is 1. The maximum Gasteiger partial charge on any atom is 0.145 e. The van der Waals surface area contributed by atoms with Crippen LogP contribution >= 0.6 is 11.6 Å². The highest BCUT2D eigenvalue weighted by Crippen LogP contribution is 2.17. The van der Waals surface area contributed by atoms with E-state index in [-0.39, 0.29) is 5.82 Å². The third-order valence-electron chi connectivity index (χ3n) is 3.13. The maximum absolute atomic E-state index is 13.3. The number of rotatable bonds is 5. The lowest BCUT2D eigenvalue weighted by atomic mass is 10.1. The van der Waals surface area contributed by atoms with E-state index in [1.165, 1.54) is 12.1 Å². The van der Waals surface area contributed by atoms with Gasteiger partial charge in [0.05, 0.1) is 11.4 Å². The minimum atomic E-state index is -0.336. The van der Waals surface area contributed by atoms with Crippen LogP contribution in [0.3, 0.4) is 0 Å². The Morgan fingerprint density at radius 2 is 1.91 bits per heavy atom. The number of hydrazone groups is 1. The Bertz CT molecular complexity index is 754. The standard InChI is InChI=1S/C18H16ClFN2O/c1-13(12-23)10-18(14-6-8-15(19)9-7-14)21-22(2)17-5-3-4-16(20)11-17/h3-12H,1-2H3/b13-10-,21-18?. The highest BCUT2D eigenvalue weighted by molar-refractivity contribution is 6.30. The molecule has 0 heterocycles. The van der Waals surface area contributed by atoms with E-state index in [0.717, 1.165) is 11.8 Å². The van der Waals surface area contributed by atoms with Crippen LogP contribution in [0.1, 0.15) is 12.5 Å². The van der Waals surface area contributed by atoms with Gasteiger partial charge in [-0.3, -0.25) is 9.80 Å². The predicted octanol–water partition coefficient (Wildman–Crippen LogP) is 4.46. The van der Waals surface area contributed by atoms with Gasteiger partial charge in [-0.05, 0) is 48.9 Å². The third-order valence-corrected chi connectivity index (χ3v) is 3.38. The molecule has 0 spiro atoms. The van der Waals surface area contributed by atoms with Crippen LogP contribution in [0.4, 0.5) is 10.1 Å². The molecule has 0 saturated heterocycles. The molecule has 2 rings (SSSR count). The van der Waals surface area contributed by atoms with Crippen molar-refractivity contribution in [2.24, 2.45) is 5.10 Å². The summed E-state index contributed by atoms with van der Waals surface area (Å²) in [5.74, 6) is -0.336. The van der Waals surface area contributed by atoms with Crippen molar-refractivity contribution >= 4 is 29.3 Å². The highest BCUT2D eigenvalue weighted by atomic mass is 35.5. The van der Waals surface area contributed by atoms with E-state index < -0.39 is 0 Å². The molecule has 0 atom stereocenters. The van der Waals surface area contributed by atoms with E-state index in [0.29, 0.717) is 22.0 Å². The van der Waals surface area contributed by atoms with Crippen LogP contribution in [0.25, 0.3) is 0 Å². The van der Waals surface area contributed by atoms with Gasteiger partial charge in [0.2, 0.25) is 0 Å². The summed E-state index contributed by atoms with van der Waals surface area (Å²) in [6, 6.07) is 13.3. The molecule has 0 unspecified atom stereocenters. The van der Waals surface area contributed by atoms with Crippen LogP contribution in [0.2, 0.25) is 5.02 Å². The molecule has 23 heavy (non-hydrogen) atoms. The van der Waals surface area contributed by atoms with Gasteiger partial charge in [-0.1, -0.05) is 29.8 Å². The Morgan fingerprint density at radius 1 is 1.22 bits per heavy atom. The topological polar surface area (TPSA) is 32.7 Å². The number of hydrogen-bond acceptors (Lipinski definition) is 3. The van der Waals surface area contributed by atoms with Crippen molar-refractivity contribution < 1.29 is 9.18 Å². The molecule has 5 heteroatoms. The molecule has 2 aromatic carbocycles. The Balaban J connectivity index is 2.43. The van der Waals surface area contributed by atoms with Crippen molar-refractivity contribution in [1.82, 2.24) is 0 Å². The number of allylic oxidation sites excluding steroid dienone is 2. The summed E-state index contributed by atoms with van der Waals surface area (Å²) in [7, 11) is 1.72. The minimum absolute atomic E-state index is 0.336. The number of carbonyl (C=O) groups is 1. The number of aldehydes is 1. The van der Waals surface area contributed by atoms with Crippen molar-refractivity contribution in [3.63, 3.8) is 0 Å². The zero-order valence-corrected chi connectivity index (χ0v) is 13.6. The molecule has 3 nitrogen and oxygen atoms in total. The Hall–Kier alpha value is -2.46. The Kier molecular flexibility index (Phi) is 5.66. The van der Waals surface area contributed by atoms with Gasteiger partial charge in [0.15, 0.2) is 0 Å². The third kappa shape index (κ3) is 4.76. The molecule has 0 amide bonds. The summed E-state index contributed by atoms with van der Waals surface area (Å²) in [5, 5.41) is 6.65. The fraction of sp³-hybridized carbons (Fsp3) is 0.111. The summed E-state index contributed by atoms with van der Waals surface area (Å²) < 4.78 is 13.3. The van der Waals surface area contributed by atoms with Crippen LogP contribution in [0.15, 0.2) is 65.3 Å². The molecule has 2 aromatic rings. The van der Waals surface area contributed by atoms with Gasteiger partial charge in [0.1, 0.15) is 12.1 Å². The molecule has 0 saturated carbocycles. The van der Waals surface area contributed by atoms with E-state index >= 15 is 0 Å². The van der Waals surface area contributed by atoms with E-state index in [2.05, 4.69) is 5.10 Å². The summed E-state index contributed by atoms with van der Waals surface area (Å²) in [4.78, 5) is 10.9. The number of hydrogen-bond donors (Lipinski definition) is 0. The summed E-state index contributed by atoms with van der Waals surface area (Å²) in [6.07, 6.45) is 2.43. The number of nitrogens with zero attached hydrogens (tertiary/aromatic N) is 2. The van der Waals surface area contributed by atoms with Crippen molar-refractivity contribution in [3.05, 3.63) is 76.6 Å². The molecule has 0 aromatic heterocycles. The van der Waals surface area contributed by atoms with Crippen molar-refractivity contribution in [2.45, 2.75) is 6.92 Å². The Labute approximate surface area is 139 Å². The van der Waals surface area contributed by atoms with E-state index in [9.17, 15) is 9.18 Å². The molecule has 118 valence electrons. The van der Waals surface area contributed by atoms with Gasteiger partial charge in [-0.25, -0.2) is 4.39 Å². The summed E-state index contributed by atoms with van der Waals surface area (Å²) in [6.45, 7) is 1.70. The van der Waals surface area contributed by atoms with Gasteiger partial charge >= 0.3 is 0 Å². The molecule has 0 bridgehead atoms. The highest BCUT2D eigenvalue weighted by Gasteiger charge is 2.06. The molecule has 0 fully saturated rings. The number of benzene rings is 2. The van der Waals surface area contributed by atoms with Gasteiger partial charge in [0, 0.05) is 17.6 Å². The second-order valence-electron chi connectivity index (χ2n) is 5.00. The fourth-order valence-corrected chi connectivity index (χ4v) is 2.06. The smallest absolute Gasteiger partial charge is 0.145 e. The second-order valence-corrected chi connectivity index (χ2v) is 5.44. The van der Waals surface area contributed by atoms with Gasteiger partial charge in [-0.2, -0.15) is 5.10 Å². The second kappa shape index (κ2) is 7.70. The fourth-order valence-electron chi connectivity index (χ4n) is 1.94. The molecular weight excluding hydrogens is 315 g/mol. The lowest BCUT2D eigenvalue weighted by Gasteiger charge is -2.15. The van der Waals surface area contributed by atoms with Crippen molar-refractivity contribution in [1.29, 1.82) is 0 Å². The first kappa shape index (κ1) is 16.9. The van der Waals surface area contributed by atoms with Crippen LogP contribution in [-0.2, 0) is 4.79 Å². The molecular formula is C18H16ClFN2O. The molecule has 0 aliphatic heterocycles. The zero-order chi connectivity index (χ0) is 16.8. The Morgan fingerprint density at radius 3 is 2.52 bits per heavy atom. The lowest BCUT2D eigenvalue weighted by Crippen LogP contribution is -2.13. The van der Waals surface area contributed by atoms with Crippen LogP contribution < -0.4 is 5.01 Å². The van der Waals surface area contributed by atoms with Crippen LogP contribution in [0.5, 0.6) is 0 Å². The molecule has 0 aliphatic rings. The first-order valence-corrected chi connectivity index (χ1v) is 7.34. The number of halogens is 2. The van der Waals surface area contributed by atoms with Gasteiger partial charge < -0.3 is 0 Å². The maximum atomic E-state index is 13.3. The normalized spacial score (nSPS) is 12.2. The first-order chi connectivity index (χ1) is 11.0. The molecule has 0 radical (unpaired) electrons. The van der Waals surface area contributed by atoms with Crippen LogP contribution in [-0.4, -0.2) is 19.0 Å². The van der Waals surface area contributed by atoms with Crippen molar-refractivity contribution in [2.75, 3.05) is 12.1 Å². The summed E-state index contributed by atoms with van der Waals surface area (Å²) >= 11 is 5.90. The molecule has 0 N–H and O–H groups in total. The van der Waals surface area contributed by atoms with Gasteiger partial charge in [-0.15, -0.1) is 0 Å². The lowest BCUT2D eigenvalue weighted by molar-refractivity contribution is -0.104. The SMILES string of the molecule is C/C(C=O)=C/C(=NN(C)c1cccc(F)c1)c1ccc(Cl)cc1. The van der Waals surface area contributed by atoms with Crippen LogP contribution in [0, 0.1) is 5.82 Å². The molecule has 0 aliphatic carbocycles. The predicted molar refractivity (Wildman–Crippen MR) is 92.6 cm³/mol. The monoisotopic (exact) mass is 330 g/mol.